The minimum Gasteiger partial charge on any atom is -0.396 e. The zero-order valence-corrected chi connectivity index (χ0v) is 33.6. The maximum atomic E-state index is 13.1. The number of carbonyl (C=O) groups excluding carboxylic acids is 2. The molecule has 0 radical (unpaired) electrons. The SMILES string of the molecule is C/C=C/c1ccc2n(c1=O)C[C@H]1[C@H](CO)[C@@H](C(=O)NCCC)[C@@H]2N1CC1CC1.C/C=C\c1ccc2n(c1=O)C[C@H]1[C@H](CO)[C@@H](C(=O)NCCC)[C@@H]2N1CC1CC1. The van der Waals surface area contributed by atoms with Gasteiger partial charge in [0.15, 0.2) is 0 Å². The number of carbonyl (C=O) groups is 2. The summed E-state index contributed by atoms with van der Waals surface area (Å²) in [5.41, 5.74) is 3.19. The van der Waals surface area contributed by atoms with Crippen LogP contribution >= 0.6 is 0 Å². The molecular formula is C44H62N6O6. The summed E-state index contributed by atoms with van der Waals surface area (Å²) >= 11 is 0. The Morgan fingerprint density at radius 3 is 1.39 bits per heavy atom. The molecule has 4 N–H and O–H groups in total. The van der Waals surface area contributed by atoms with Gasteiger partial charge < -0.3 is 30.0 Å². The molecule has 0 aromatic carbocycles. The number of rotatable bonds is 14. The summed E-state index contributed by atoms with van der Waals surface area (Å²) in [6, 6.07) is 7.54. The number of hydrogen-bond acceptors (Lipinski definition) is 8. The zero-order valence-electron chi connectivity index (χ0n) is 33.6. The second kappa shape index (κ2) is 17.3. The van der Waals surface area contributed by atoms with Crippen molar-refractivity contribution in [3.8, 4) is 0 Å². The first kappa shape index (κ1) is 40.4. The minimum atomic E-state index is -0.319. The van der Waals surface area contributed by atoms with Crippen molar-refractivity contribution >= 4 is 24.0 Å². The van der Waals surface area contributed by atoms with E-state index in [1.54, 1.807) is 0 Å². The summed E-state index contributed by atoms with van der Waals surface area (Å²) in [5.74, 6) is 0.446. The van der Waals surface area contributed by atoms with E-state index in [0.29, 0.717) is 49.1 Å². The first-order chi connectivity index (χ1) is 27.2. The van der Waals surface area contributed by atoms with E-state index in [9.17, 15) is 29.4 Å². The summed E-state index contributed by atoms with van der Waals surface area (Å²) in [5, 5.41) is 26.5. The van der Waals surface area contributed by atoms with E-state index >= 15 is 0 Å². The molecule has 2 aliphatic carbocycles. The molecule has 2 amide bonds. The van der Waals surface area contributed by atoms with Crippen molar-refractivity contribution in [1.29, 1.82) is 0 Å². The van der Waals surface area contributed by atoms with Crippen LogP contribution in [0.3, 0.4) is 0 Å². The molecule has 2 saturated heterocycles. The van der Waals surface area contributed by atoms with Crippen molar-refractivity contribution in [3.63, 3.8) is 0 Å². The number of aromatic nitrogens is 2. The van der Waals surface area contributed by atoms with Crippen molar-refractivity contribution in [3.05, 3.63) is 79.6 Å². The number of nitrogens with one attached hydrogen (secondary N) is 2. The molecule has 6 aliphatic rings. The van der Waals surface area contributed by atoms with Crippen molar-refractivity contribution < 1.29 is 19.8 Å². The first-order valence-electron chi connectivity index (χ1n) is 21.2. The van der Waals surface area contributed by atoms with Crippen molar-refractivity contribution in [2.45, 2.75) is 103 Å². The van der Waals surface area contributed by atoms with Crippen LogP contribution in [0.2, 0.25) is 0 Å². The van der Waals surface area contributed by atoms with Crippen molar-refractivity contribution in [2.75, 3.05) is 39.4 Å². The van der Waals surface area contributed by atoms with Gasteiger partial charge in [-0.1, -0.05) is 38.2 Å². The van der Waals surface area contributed by atoms with Crippen LogP contribution in [0.1, 0.15) is 101 Å². The number of fused-ring (bicyclic) bond motifs is 8. The number of hydrogen-bond donors (Lipinski definition) is 4. The first-order valence-corrected chi connectivity index (χ1v) is 21.2. The Kier molecular flexibility index (Phi) is 12.5. The molecule has 56 heavy (non-hydrogen) atoms. The largest absolute Gasteiger partial charge is 0.396 e. The molecule has 12 nitrogen and oxygen atoms in total. The summed E-state index contributed by atoms with van der Waals surface area (Å²) in [6.07, 6.45) is 14.1. The smallest absolute Gasteiger partial charge is 0.258 e. The Morgan fingerprint density at radius 1 is 0.679 bits per heavy atom. The second-order valence-corrected chi connectivity index (χ2v) is 16.9. The molecular weight excluding hydrogens is 709 g/mol. The lowest BCUT2D eigenvalue weighted by molar-refractivity contribution is -0.128. The monoisotopic (exact) mass is 770 g/mol. The lowest BCUT2D eigenvalue weighted by Crippen LogP contribution is -2.47. The average molecular weight is 771 g/mol. The molecule has 12 heteroatoms. The van der Waals surface area contributed by atoms with E-state index in [-0.39, 0.29) is 84.0 Å². The van der Waals surface area contributed by atoms with Gasteiger partial charge in [0.05, 0.1) is 23.9 Å². The van der Waals surface area contributed by atoms with E-state index < -0.39 is 0 Å². The molecule has 2 aromatic heterocycles. The van der Waals surface area contributed by atoms with Crippen LogP contribution in [0.5, 0.6) is 0 Å². The van der Waals surface area contributed by atoms with Gasteiger partial charge in [-0.05, 0) is 88.5 Å². The van der Waals surface area contributed by atoms with E-state index in [4.69, 9.17) is 0 Å². The van der Waals surface area contributed by atoms with Crippen LogP contribution in [-0.2, 0) is 22.7 Å². The quantitative estimate of drug-likeness (QED) is 0.228. The van der Waals surface area contributed by atoms with Crippen LogP contribution in [0, 0.1) is 35.5 Å². The molecule has 4 aliphatic heterocycles. The summed E-state index contributed by atoms with van der Waals surface area (Å²) in [4.78, 5) is 57.1. The van der Waals surface area contributed by atoms with Crippen LogP contribution in [0.15, 0.2) is 46.0 Å². The molecule has 6 heterocycles. The zero-order chi connectivity index (χ0) is 39.7. The van der Waals surface area contributed by atoms with Gasteiger partial charge in [-0.3, -0.25) is 29.0 Å². The Hall–Kier alpha value is -3.84. The van der Waals surface area contributed by atoms with Gasteiger partial charge in [-0.15, -0.1) is 0 Å². The predicted molar refractivity (Wildman–Crippen MR) is 217 cm³/mol. The van der Waals surface area contributed by atoms with Gasteiger partial charge in [-0.25, -0.2) is 0 Å². The minimum absolute atomic E-state index is 0.00276. The fraction of sp³-hybridized carbons (Fsp3) is 0.636. The van der Waals surface area contributed by atoms with E-state index in [1.165, 1.54) is 25.7 Å². The van der Waals surface area contributed by atoms with Gasteiger partial charge in [0.25, 0.3) is 11.1 Å². The highest BCUT2D eigenvalue weighted by Crippen LogP contribution is 2.51. The van der Waals surface area contributed by atoms with E-state index in [2.05, 4.69) is 20.4 Å². The highest BCUT2D eigenvalue weighted by atomic mass is 16.3. The van der Waals surface area contributed by atoms with Gasteiger partial charge in [0, 0.05) is 98.9 Å². The molecule has 4 fully saturated rings. The van der Waals surface area contributed by atoms with Gasteiger partial charge >= 0.3 is 0 Å². The van der Waals surface area contributed by atoms with Crippen molar-refractivity contribution in [1.82, 2.24) is 29.6 Å². The molecule has 8 rings (SSSR count). The molecule has 2 saturated carbocycles. The third-order valence-corrected chi connectivity index (χ3v) is 13.1. The summed E-state index contributed by atoms with van der Waals surface area (Å²) < 4.78 is 3.70. The fourth-order valence-corrected chi connectivity index (χ4v) is 10.1. The number of aliphatic hydroxyl groups is 2. The van der Waals surface area contributed by atoms with Crippen LogP contribution in [0.25, 0.3) is 12.2 Å². The maximum absolute atomic E-state index is 13.1. The Morgan fingerprint density at radius 2 is 1.07 bits per heavy atom. The van der Waals surface area contributed by atoms with E-state index in [0.717, 1.165) is 37.3 Å². The van der Waals surface area contributed by atoms with Crippen LogP contribution in [-0.4, -0.2) is 92.4 Å². The molecule has 2 aromatic rings. The van der Waals surface area contributed by atoms with E-state index in [1.807, 2.05) is 85.4 Å². The van der Waals surface area contributed by atoms with Crippen LogP contribution in [0.4, 0.5) is 0 Å². The Balaban J connectivity index is 0.000000172. The highest BCUT2D eigenvalue weighted by molar-refractivity contribution is 5.81. The number of aliphatic hydroxyl groups excluding tert-OH is 2. The molecule has 304 valence electrons. The predicted octanol–water partition coefficient (Wildman–Crippen LogP) is 3.56. The van der Waals surface area contributed by atoms with Crippen molar-refractivity contribution in [2.24, 2.45) is 35.5 Å². The average Bonchev–Trinajstić information content (AvgIpc) is 4.14. The summed E-state index contributed by atoms with van der Waals surface area (Å²) in [6.45, 7) is 12.1. The number of nitrogens with zero attached hydrogens (tertiary/aromatic N) is 4. The molecule has 0 unspecified atom stereocenters. The third-order valence-electron chi connectivity index (χ3n) is 13.1. The fourth-order valence-electron chi connectivity index (χ4n) is 10.1. The van der Waals surface area contributed by atoms with Gasteiger partial charge in [0.1, 0.15) is 0 Å². The lowest BCUT2D eigenvalue weighted by Gasteiger charge is -2.38. The second-order valence-electron chi connectivity index (χ2n) is 16.9. The maximum Gasteiger partial charge on any atom is 0.258 e. The standard InChI is InChI=1S/2C22H31N3O3/c2*1-3-5-15-8-9-17-20-19(21(27)23-10-4-2)16(13-26)18(12-25(17)22(15)28)24(20)11-14-6-7-14/h2*3,5,8-9,14,16,18-20,26H,4,6-7,10-13H2,1-2H3,(H,23,27)/b5-3+;5-3-/t2*16-,18-,19+,20+/m00/s1. The third kappa shape index (κ3) is 7.62. The summed E-state index contributed by atoms with van der Waals surface area (Å²) in [7, 11) is 0. The van der Waals surface area contributed by atoms with Crippen LogP contribution < -0.4 is 21.8 Å². The van der Waals surface area contributed by atoms with Gasteiger partial charge in [0.2, 0.25) is 11.8 Å². The Bertz CT molecular complexity index is 1790. The molecule has 0 spiro atoms. The lowest BCUT2D eigenvalue weighted by atomic mass is 9.86. The van der Waals surface area contributed by atoms with Gasteiger partial charge in [-0.2, -0.15) is 0 Å². The number of amides is 2. The highest BCUT2D eigenvalue weighted by Gasteiger charge is 2.57. The topological polar surface area (TPSA) is 149 Å². The number of pyridine rings is 2. The Labute approximate surface area is 330 Å². The number of allylic oxidation sites excluding steroid dienone is 2. The molecule has 4 bridgehead atoms. The normalized spacial score (nSPS) is 29.2. The molecule has 8 atom stereocenters.